The molecule has 6 heteroatoms. The third-order valence-electron chi connectivity index (χ3n) is 4.64. The van der Waals surface area contributed by atoms with Crippen LogP contribution in [0.2, 0.25) is 5.02 Å². The van der Waals surface area contributed by atoms with Crippen LogP contribution in [0.1, 0.15) is 27.4 Å². The largest absolute Gasteiger partial charge is 0.341 e. The van der Waals surface area contributed by atoms with Crippen molar-refractivity contribution in [2.75, 3.05) is 6.54 Å². The third kappa shape index (κ3) is 2.23. The molecule has 2 aromatic heterocycles. The lowest BCUT2D eigenvalue weighted by atomic mass is 10.2. The number of carbonyl (C=O) groups excluding carboxylic acids is 1. The maximum absolute atomic E-state index is 12.7. The Kier molecular flexibility index (Phi) is 3.20. The second kappa shape index (κ2) is 5.13. The molecule has 0 atom stereocenters. The summed E-state index contributed by atoms with van der Waals surface area (Å²) in [5, 5.41) is 8.90. The minimum absolute atomic E-state index is 0.0126. The van der Waals surface area contributed by atoms with Crippen LogP contribution in [0, 0.1) is 13.8 Å². The predicted molar refractivity (Wildman–Crippen MR) is 89.8 cm³/mol. The molecule has 1 aliphatic heterocycles. The molecule has 0 saturated carbocycles. The number of halogens is 1. The van der Waals surface area contributed by atoms with Crippen LogP contribution < -0.4 is 0 Å². The van der Waals surface area contributed by atoms with Gasteiger partial charge >= 0.3 is 0 Å². The zero-order chi connectivity index (χ0) is 16.1. The molecular weight excluding hydrogens is 312 g/mol. The second-order valence-electron chi connectivity index (χ2n) is 6.04. The number of aryl methyl sites for hydroxylation is 1. The van der Waals surface area contributed by atoms with Gasteiger partial charge in [-0.1, -0.05) is 11.6 Å². The van der Waals surface area contributed by atoms with E-state index in [9.17, 15) is 4.79 Å². The van der Waals surface area contributed by atoms with E-state index >= 15 is 0 Å². The highest BCUT2D eigenvalue weighted by molar-refractivity contribution is 6.31. The van der Waals surface area contributed by atoms with Gasteiger partial charge in [-0.3, -0.25) is 9.89 Å². The minimum atomic E-state index is -0.0126. The van der Waals surface area contributed by atoms with Crippen molar-refractivity contribution in [3.05, 3.63) is 51.9 Å². The number of carbonyl (C=O) groups is 1. The lowest BCUT2D eigenvalue weighted by Gasteiger charge is -2.28. The number of aromatic nitrogens is 3. The number of nitrogens with zero attached hydrogens (tertiary/aromatic N) is 3. The van der Waals surface area contributed by atoms with Crippen LogP contribution in [0.15, 0.2) is 24.3 Å². The maximum atomic E-state index is 12.7. The van der Waals surface area contributed by atoms with Gasteiger partial charge < -0.3 is 9.47 Å². The van der Waals surface area contributed by atoms with Gasteiger partial charge in [0.15, 0.2) is 5.69 Å². The van der Waals surface area contributed by atoms with E-state index in [2.05, 4.69) is 20.8 Å². The monoisotopic (exact) mass is 328 g/mol. The van der Waals surface area contributed by atoms with Gasteiger partial charge in [-0.25, -0.2) is 0 Å². The Balaban J connectivity index is 1.67. The first-order chi connectivity index (χ1) is 11.0. The summed E-state index contributed by atoms with van der Waals surface area (Å²) in [6.07, 6.45) is 0. The molecule has 0 bridgehead atoms. The van der Waals surface area contributed by atoms with Gasteiger partial charge in [-0.15, -0.1) is 0 Å². The molecule has 0 fully saturated rings. The normalized spacial score (nSPS) is 14.3. The van der Waals surface area contributed by atoms with E-state index in [1.54, 1.807) is 0 Å². The van der Waals surface area contributed by atoms with Gasteiger partial charge in [-0.2, -0.15) is 5.10 Å². The number of H-pyrrole nitrogens is 1. The number of hydrogen-bond donors (Lipinski definition) is 1. The highest BCUT2D eigenvalue weighted by Crippen LogP contribution is 2.27. The number of hydrogen-bond acceptors (Lipinski definition) is 2. The Morgan fingerprint density at radius 1 is 1.26 bits per heavy atom. The first kappa shape index (κ1) is 14.3. The Labute approximate surface area is 138 Å². The molecule has 3 heterocycles. The number of aromatic amines is 1. The second-order valence-corrected chi connectivity index (χ2v) is 6.48. The first-order valence-electron chi connectivity index (χ1n) is 7.63. The molecule has 3 aromatic rings. The molecule has 1 aromatic carbocycles. The minimum Gasteiger partial charge on any atom is -0.341 e. The molecule has 0 radical (unpaired) electrons. The molecule has 0 saturated heterocycles. The van der Waals surface area contributed by atoms with Crippen LogP contribution in [-0.4, -0.2) is 32.1 Å². The molecule has 0 aliphatic carbocycles. The van der Waals surface area contributed by atoms with Crippen molar-refractivity contribution < 1.29 is 4.79 Å². The fraction of sp³-hybridized carbons (Fsp3) is 0.294. The average Bonchev–Trinajstić information content (AvgIpc) is 3.06. The number of amides is 1. The Hall–Kier alpha value is -2.27. The van der Waals surface area contributed by atoms with Crippen molar-refractivity contribution >= 4 is 28.4 Å². The molecule has 1 N–H and O–H groups in total. The standard InChI is InChI=1S/C17H17ClN4O/c1-10-11(2)19-20-16(10)17(23)21-5-6-22-14(9-21)8-12-7-13(18)3-4-15(12)22/h3-4,7-8H,5-6,9H2,1-2H3,(H,19,20). The van der Waals surface area contributed by atoms with E-state index in [0.717, 1.165) is 33.9 Å². The number of benzene rings is 1. The zero-order valence-electron chi connectivity index (χ0n) is 13.1. The first-order valence-corrected chi connectivity index (χ1v) is 8.01. The Morgan fingerprint density at radius 2 is 2.09 bits per heavy atom. The van der Waals surface area contributed by atoms with E-state index < -0.39 is 0 Å². The summed E-state index contributed by atoms with van der Waals surface area (Å²) in [5.74, 6) is -0.0126. The average molecular weight is 329 g/mol. The molecule has 23 heavy (non-hydrogen) atoms. The number of fused-ring (bicyclic) bond motifs is 3. The van der Waals surface area contributed by atoms with E-state index in [0.29, 0.717) is 18.8 Å². The summed E-state index contributed by atoms with van der Waals surface area (Å²) in [5.41, 5.74) is 4.69. The van der Waals surface area contributed by atoms with E-state index in [1.165, 1.54) is 5.52 Å². The predicted octanol–water partition coefficient (Wildman–Crippen LogP) is 3.29. The van der Waals surface area contributed by atoms with Crippen LogP contribution in [-0.2, 0) is 13.1 Å². The summed E-state index contributed by atoms with van der Waals surface area (Å²) in [6, 6.07) is 8.03. The molecule has 118 valence electrons. The summed E-state index contributed by atoms with van der Waals surface area (Å²) in [4.78, 5) is 14.6. The third-order valence-corrected chi connectivity index (χ3v) is 4.87. The number of rotatable bonds is 1. The SMILES string of the molecule is Cc1[nH]nc(C(=O)N2CCn3c(cc4cc(Cl)ccc43)C2)c1C. The van der Waals surface area contributed by atoms with Gasteiger partial charge in [0.2, 0.25) is 0 Å². The fourth-order valence-corrected chi connectivity index (χ4v) is 3.39. The lowest BCUT2D eigenvalue weighted by molar-refractivity contribution is 0.0706. The summed E-state index contributed by atoms with van der Waals surface area (Å²) < 4.78 is 2.26. The van der Waals surface area contributed by atoms with Gasteiger partial charge in [0.25, 0.3) is 5.91 Å². The van der Waals surface area contributed by atoms with Crippen molar-refractivity contribution in [1.29, 1.82) is 0 Å². The van der Waals surface area contributed by atoms with Crippen molar-refractivity contribution in [3.8, 4) is 0 Å². The summed E-state index contributed by atoms with van der Waals surface area (Å²) in [6.45, 7) is 5.92. The van der Waals surface area contributed by atoms with E-state index in [1.807, 2.05) is 36.9 Å². The molecule has 0 unspecified atom stereocenters. The Bertz CT molecular complexity index is 924. The zero-order valence-corrected chi connectivity index (χ0v) is 13.8. The van der Waals surface area contributed by atoms with Crippen molar-refractivity contribution in [2.45, 2.75) is 26.9 Å². The van der Waals surface area contributed by atoms with Gasteiger partial charge in [0.05, 0.1) is 6.54 Å². The van der Waals surface area contributed by atoms with Crippen LogP contribution in [0.3, 0.4) is 0 Å². The quantitative estimate of drug-likeness (QED) is 0.745. The van der Waals surface area contributed by atoms with Gasteiger partial charge in [-0.05, 0) is 38.1 Å². The van der Waals surface area contributed by atoms with Crippen LogP contribution >= 0.6 is 11.6 Å². The smallest absolute Gasteiger partial charge is 0.275 e. The molecule has 1 amide bonds. The highest BCUT2D eigenvalue weighted by Gasteiger charge is 2.26. The molecule has 0 spiro atoms. The maximum Gasteiger partial charge on any atom is 0.275 e. The molecule has 4 rings (SSSR count). The summed E-state index contributed by atoms with van der Waals surface area (Å²) >= 11 is 6.08. The molecule has 5 nitrogen and oxygen atoms in total. The van der Waals surface area contributed by atoms with E-state index in [-0.39, 0.29) is 5.91 Å². The van der Waals surface area contributed by atoms with E-state index in [4.69, 9.17) is 11.6 Å². The molecule has 1 aliphatic rings. The number of nitrogens with one attached hydrogen (secondary N) is 1. The van der Waals surface area contributed by atoms with Crippen LogP contribution in [0.4, 0.5) is 0 Å². The van der Waals surface area contributed by atoms with Crippen LogP contribution in [0.25, 0.3) is 10.9 Å². The van der Waals surface area contributed by atoms with Crippen molar-refractivity contribution in [2.24, 2.45) is 0 Å². The highest BCUT2D eigenvalue weighted by atomic mass is 35.5. The van der Waals surface area contributed by atoms with Crippen LogP contribution in [0.5, 0.6) is 0 Å². The van der Waals surface area contributed by atoms with Crippen molar-refractivity contribution in [1.82, 2.24) is 19.7 Å². The fourth-order valence-electron chi connectivity index (χ4n) is 3.21. The van der Waals surface area contributed by atoms with Gasteiger partial charge in [0.1, 0.15) is 0 Å². The lowest BCUT2D eigenvalue weighted by Crippen LogP contribution is -2.38. The summed E-state index contributed by atoms with van der Waals surface area (Å²) in [7, 11) is 0. The van der Waals surface area contributed by atoms with Gasteiger partial charge in [0, 0.05) is 46.0 Å². The Morgan fingerprint density at radius 3 is 2.83 bits per heavy atom. The molecular formula is C17H17ClN4O. The van der Waals surface area contributed by atoms with Crippen molar-refractivity contribution in [3.63, 3.8) is 0 Å². The topological polar surface area (TPSA) is 53.9 Å².